The number of nitrogens with one attached hydrogen (secondary N) is 1. The van der Waals surface area contributed by atoms with E-state index >= 15 is 0 Å². The zero-order chi connectivity index (χ0) is 13.1. The Balaban J connectivity index is 2.14. The van der Waals surface area contributed by atoms with Gasteiger partial charge >= 0.3 is 0 Å². The van der Waals surface area contributed by atoms with E-state index in [-0.39, 0.29) is 5.91 Å². The van der Waals surface area contributed by atoms with Crippen molar-refractivity contribution in [3.05, 3.63) is 36.4 Å². The van der Waals surface area contributed by atoms with Gasteiger partial charge in [0.1, 0.15) is 18.7 Å². The Morgan fingerprint density at radius 1 is 1.50 bits per heavy atom. The minimum Gasteiger partial charge on any atom is -0.399 e. The van der Waals surface area contributed by atoms with Crippen molar-refractivity contribution in [3.8, 4) is 0 Å². The van der Waals surface area contributed by atoms with Crippen molar-refractivity contribution in [1.82, 2.24) is 14.8 Å². The average molecular weight is 245 g/mol. The summed E-state index contributed by atoms with van der Waals surface area (Å²) in [7, 11) is 0. The van der Waals surface area contributed by atoms with Crippen molar-refractivity contribution in [3.63, 3.8) is 0 Å². The summed E-state index contributed by atoms with van der Waals surface area (Å²) in [5.74, 6) is -0.158. The Kier molecular flexibility index (Phi) is 3.27. The lowest BCUT2D eigenvalue weighted by molar-refractivity contribution is -0.119. The second-order valence-corrected chi connectivity index (χ2v) is 4.12. The second kappa shape index (κ2) is 4.87. The molecule has 0 saturated carbocycles. The summed E-state index contributed by atoms with van der Waals surface area (Å²) in [5.41, 5.74) is 7.99. The number of hydrogen-bond donors (Lipinski definition) is 2. The molecule has 6 heteroatoms. The molecular formula is C12H15N5O. The first-order chi connectivity index (χ1) is 8.58. The summed E-state index contributed by atoms with van der Waals surface area (Å²) < 4.78 is 1.50. The van der Waals surface area contributed by atoms with E-state index in [0.717, 1.165) is 5.56 Å². The van der Waals surface area contributed by atoms with Crippen LogP contribution in [0.5, 0.6) is 0 Å². The first-order valence-corrected chi connectivity index (χ1v) is 5.59. The van der Waals surface area contributed by atoms with Crippen LogP contribution in [0.15, 0.2) is 30.9 Å². The van der Waals surface area contributed by atoms with E-state index in [4.69, 9.17) is 5.73 Å². The van der Waals surface area contributed by atoms with Crippen molar-refractivity contribution in [2.24, 2.45) is 0 Å². The maximum atomic E-state index is 12.0. The van der Waals surface area contributed by atoms with Gasteiger partial charge in [-0.05, 0) is 31.5 Å². The van der Waals surface area contributed by atoms with Gasteiger partial charge in [0, 0.05) is 11.4 Å². The van der Waals surface area contributed by atoms with Crippen LogP contribution in [0.1, 0.15) is 18.5 Å². The number of aromatic nitrogens is 3. The Labute approximate surface area is 105 Å². The Morgan fingerprint density at radius 2 is 2.28 bits per heavy atom. The highest BCUT2D eigenvalue weighted by molar-refractivity contribution is 5.94. The Morgan fingerprint density at radius 3 is 2.94 bits per heavy atom. The van der Waals surface area contributed by atoms with E-state index in [9.17, 15) is 4.79 Å². The first-order valence-electron chi connectivity index (χ1n) is 5.59. The van der Waals surface area contributed by atoms with Crippen molar-refractivity contribution in [2.45, 2.75) is 19.9 Å². The number of carbonyl (C=O) groups excluding carboxylic acids is 1. The van der Waals surface area contributed by atoms with Gasteiger partial charge in [0.25, 0.3) is 0 Å². The molecule has 1 unspecified atom stereocenters. The molecule has 18 heavy (non-hydrogen) atoms. The number of amides is 1. The monoisotopic (exact) mass is 245 g/mol. The number of benzene rings is 1. The first kappa shape index (κ1) is 12.1. The smallest absolute Gasteiger partial charge is 0.249 e. The summed E-state index contributed by atoms with van der Waals surface area (Å²) in [6.07, 6.45) is 2.91. The maximum absolute atomic E-state index is 12.0. The molecule has 0 radical (unpaired) electrons. The Bertz CT molecular complexity index is 550. The molecule has 1 aromatic heterocycles. The van der Waals surface area contributed by atoms with Crippen LogP contribution in [0, 0.1) is 6.92 Å². The molecule has 0 fully saturated rings. The van der Waals surface area contributed by atoms with Crippen LogP contribution < -0.4 is 11.1 Å². The largest absolute Gasteiger partial charge is 0.399 e. The predicted octanol–water partition coefficient (Wildman–Crippen LogP) is 1.37. The fraction of sp³-hybridized carbons (Fsp3) is 0.250. The molecular weight excluding hydrogens is 230 g/mol. The number of carbonyl (C=O) groups is 1. The van der Waals surface area contributed by atoms with Crippen LogP contribution in [0.3, 0.4) is 0 Å². The number of hydrogen-bond acceptors (Lipinski definition) is 4. The van der Waals surface area contributed by atoms with Crippen LogP contribution in [0.25, 0.3) is 0 Å². The molecule has 1 aromatic carbocycles. The second-order valence-electron chi connectivity index (χ2n) is 4.12. The highest BCUT2D eigenvalue weighted by Crippen LogP contribution is 2.19. The van der Waals surface area contributed by atoms with Crippen LogP contribution in [0.2, 0.25) is 0 Å². The topological polar surface area (TPSA) is 85.8 Å². The lowest BCUT2D eigenvalue weighted by atomic mass is 10.1. The van der Waals surface area contributed by atoms with E-state index in [2.05, 4.69) is 15.4 Å². The fourth-order valence-corrected chi connectivity index (χ4v) is 1.55. The van der Waals surface area contributed by atoms with Crippen LogP contribution >= 0.6 is 0 Å². The predicted molar refractivity (Wildman–Crippen MR) is 69.0 cm³/mol. The zero-order valence-corrected chi connectivity index (χ0v) is 10.3. The summed E-state index contributed by atoms with van der Waals surface area (Å²) in [5, 5.41) is 6.77. The quantitative estimate of drug-likeness (QED) is 0.800. The lowest BCUT2D eigenvalue weighted by Crippen LogP contribution is -2.24. The number of aryl methyl sites for hydroxylation is 1. The SMILES string of the molecule is Cc1ccc(N)cc1NC(=O)C(C)n1cncn1. The normalized spacial score (nSPS) is 12.1. The van der Waals surface area contributed by atoms with Gasteiger partial charge in [-0.15, -0.1) is 0 Å². The molecule has 0 aliphatic rings. The number of anilines is 2. The molecule has 3 N–H and O–H groups in total. The van der Waals surface area contributed by atoms with Crippen molar-refractivity contribution in [2.75, 3.05) is 11.1 Å². The molecule has 1 heterocycles. The van der Waals surface area contributed by atoms with E-state index < -0.39 is 6.04 Å². The van der Waals surface area contributed by atoms with E-state index in [1.165, 1.54) is 17.3 Å². The molecule has 2 rings (SSSR count). The summed E-state index contributed by atoms with van der Waals surface area (Å²) >= 11 is 0. The minimum absolute atomic E-state index is 0.158. The van der Waals surface area contributed by atoms with Crippen molar-refractivity contribution in [1.29, 1.82) is 0 Å². The molecule has 2 aromatic rings. The maximum Gasteiger partial charge on any atom is 0.249 e. The zero-order valence-electron chi connectivity index (χ0n) is 10.3. The van der Waals surface area contributed by atoms with Gasteiger partial charge in [0.15, 0.2) is 0 Å². The molecule has 0 bridgehead atoms. The van der Waals surface area contributed by atoms with Crippen LogP contribution in [0.4, 0.5) is 11.4 Å². The van der Waals surface area contributed by atoms with Gasteiger partial charge in [0.2, 0.25) is 5.91 Å². The van der Waals surface area contributed by atoms with E-state index in [0.29, 0.717) is 11.4 Å². The molecule has 0 aliphatic heterocycles. The highest BCUT2D eigenvalue weighted by atomic mass is 16.2. The van der Waals surface area contributed by atoms with Crippen molar-refractivity contribution < 1.29 is 4.79 Å². The third-order valence-corrected chi connectivity index (χ3v) is 2.73. The third kappa shape index (κ3) is 2.48. The Hall–Kier alpha value is -2.37. The summed E-state index contributed by atoms with van der Waals surface area (Å²) in [6, 6.07) is 4.98. The average Bonchev–Trinajstić information content (AvgIpc) is 2.86. The van der Waals surface area contributed by atoms with Gasteiger partial charge in [-0.1, -0.05) is 6.07 Å². The van der Waals surface area contributed by atoms with Crippen molar-refractivity contribution >= 4 is 17.3 Å². The minimum atomic E-state index is -0.423. The molecule has 1 amide bonds. The molecule has 0 spiro atoms. The molecule has 0 saturated heterocycles. The summed E-state index contributed by atoms with van der Waals surface area (Å²) in [4.78, 5) is 15.9. The molecule has 6 nitrogen and oxygen atoms in total. The third-order valence-electron chi connectivity index (χ3n) is 2.73. The van der Waals surface area contributed by atoms with Gasteiger partial charge in [-0.3, -0.25) is 4.79 Å². The number of rotatable bonds is 3. The number of nitrogens with zero attached hydrogens (tertiary/aromatic N) is 3. The van der Waals surface area contributed by atoms with E-state index in [1.54, 1.807) is 19.1 Å². The number of nitrogens with two attached hydrogens (primary N) is 1. The molecule has 0 aliphatic carbocycles. The highest BCUT2D eigenvalue weighted by Gasteiger charge is 2.16. The van der Waals surface area contributed by atoms with Crippen LogP contribution in [-0.4, -0.2) is 20.7 Å². The van der Waals surface area contributed by atoms with Crippen LogP contribution in [-0.2, 0) is 4.79 Å². The van der Waals surface area contributed by atoms with E-state index in [1.807, 2.05) is 13.0 Å². The van der Waals surface area contributed by atoms with Gasteiger partial charge in [-0.2, -0.15) is 5.10 Å². The molecule has 1 atom stereocenters. The molecule has 94 valence electrons. The van der Waals surface area contributed by atoms with Gasteiger partial charge in [0.05, 0.1) is 0 Å². The lowest BCUT2D eigenvalue weighted by Gasteiger charge is -2.14. The summed E-state index contributed by atoms with van der Waals surface area (Å²) in [6.45, 7) is 3.67. The van der Waals surface area contributed by atoms with Gasteiger partial charge in [-0.25, -0.2) is 9.67 Å². The number of nitrogen functional groups attached to an aromatic ring is 1. The standard InChI is InChI=1S/C12H15N5O/c1-8-3-4-10(13)5-11(8)16-12(18)9(2)17-7-14-6-15-17/h3-7,9H,13H2,1-2H3,(H,16,18). The van der Waals surface area contributed by atoms with Gasteiger partial charge < -0.3 is 11.1 Å². The fourth-order valence-electron chi connectivity index (χ4n) is 1.55.